The number of fused-ring (bicyclic) bond motifs is 1. The molecule has 0 aliphatic heterocycles. The topological polar surface area (TPSA) is 77.6 Å². The van der Waals surface area contributed by atoms with E-state index in [1.807, 2.05) is 19.9 Å². The molecule has 1 amide bonds. The molecular weight excluding hydrogens is 359 g/mol. The second-order valence-electron chi connectivity index (χ2n) is 6.44. The molecular formula is C20H19FN6O. The number of hydrogen-bond acceptors (Lipinski definition) is 4. The van der Waals surface area contributed by atoms with Crippen molar-refractivity contribution >= 4 is 22.6 Å². The molecule has 0 bridgehead atoms. The minimum absolute atomic E-state index is 0.0293. The molecule has 1 aromatic carbocycles. The highest BCUT2D eigenvalue weighted by molar-refractivity contribution is 5.96. The standard InChI is InChI=1S/C20H19FN6O/c1-3-26-11-16(10-23-26)24-18(28)12-27-20-19(13(2)25-27)17(8-9-22-20)14-4-6-15(21)7-5-14/h4-11H,3,12H2,1-2H3,(H,24,28). The van der Waals surface area contributed by atoms with Crippen LogP contribution in [0.4, 0.5) is 10.1 Å². The van der Waals surface area contributed by atoms with Crippen molar-refractivity contribution in [2.75, 3.05) is 5.32 Å². The zero-order valence-corrected chi connectivity index (χ0v) is 15.6. The first-order valence-corrected chi connectivity index (χ1v) is 8.95. The lowest BCUT2D eigenvalue weighted by Crippen LogP contribution is -2.19. The van der Waals surface area contributed by atoms with Crippen molar-refractivity contribution in [3.63, 3.8) is 0 Å². The summed E-state index contributed by atoms with van der Waals surface area (Å²) in [7, 11) is 0. The Balaban J connectivity index is 1.64. The van der Waals surface area contributed by atoms with Gasteiger partial charge in [0.05, 0.1) is 17.6 Å². The number of halogens is 1. The van der Waals surface area contributed by atoms with E-state index < -0.39 is 0 Å². The van der Waals surface area contributed by atoms with Gasteiger partial charge in [0.25, 0.3) is 0 Å². The van der Waals surface area contributed by atoms with Crippen LogP contribution in [0, 0.1) is 12.7 Å². The van der Waals surface area contributed by atoms with Gasteiger partial charge >= 0.3 is 0 Å². The number of pyridine rings is 1. The molecule has 8 heteroatoms. The van der Waals surface area contributed by atoms with E-state index in [1.165, 1.54) is 12.1 Å². The number of hydrogen-bond donors (Lipinski definition) is 1. The predicted molar refractivity (Wildman–Crippen MR) is 104 cm³/mol. The Kier molecular flexibility index (Phi) is 4.60. The molecule has 4 rings (SSSR count). The van der Waals surface area contributed by atoms with Crippen LogP contribution < -0.4 is 5.32 Å². The lowest BCUT2D eigenvalue weighted by Gasteiger charge is -2.06. The summed E-state index contributed by atoms with van der Waals surface area (Å²) in [5.41, 5.74) is 3.78. The van der Waals surface area contributed by atoms with E-state index in [1.54, 1.807) is 40.1 Å². The zero-order chi connectivity index (χ0) is 19.7. The Hall–Kier alpha value is -3.55. The van der Waals surface area contributed by atoms with Crippen LogP contribution in [0.15, 0.2) is 48.9 Å². The van der Waals surface area contributed by atoms with Gasteiger partial charge in [-0.3, -0.25) is 9.48 Å². The number of rotatable bonds is 5. The van der Waals surface area contributed by atoms with Crippen molar-refractivity contribution in [1.29, 1.82) is 0 Å². The first-order valence-electron chi connectivity index (χ1n) is 8.95. The van der Waals surface area contributed by atoms with E-state index in [-0.39, 0.29) is 18.3 Å². The summed E-state index contributed by atoms with van der Waals surface area (Å²) in [5.74, 6) is -0.501. The molecule has 0 radical (unpaired) electrons. The SMILES string of the molecule is CCn1cc(NC(=O)Cn2nc(C)c3c(-c4ccc(F)cc4)ccnc32)cn1. The van der Waals surface area contributed by atoms with E-state index in [0.717, 1.165) is 28.8 Å². The van der Waals surface area contributed by atoms with Crippen LogP contribution >= 0.6 is 0 Å². The second kappa shape index (κ2) is 7.22. The van der Waals surface area contributed by atoms with E-state index in [2.05, 4.69) is 20.5 Å². The quantitative estimate of drug-likeness (QED) is 0.577. The third-order valence-electron chi connectivity index (χ3n) is 4.50. The minimum atomic E-state index is -0.287. The van der Waals surface area contributed by atoms with E-state index in [4.69, 9.17) is 0 Å². The molecule has 0 saturated carbocycles. The number of aromatic nitrogens is 5. The van der Waals surface area contributed by atoms with Crippen LogP contribution in [0.3, 0.4) is 0 Å². The first-order chi connectivity index (χ1) is 13.5. The Morgan fingerprint density at radius 1 is 1.21 bits per heavy atom. The molecule has 0 unspecified atom stereocenters. The molecule has 4 aromatic rings. The summed E-state index contributed by atoms with van der Waals surface area (Å²) >= 11 is 0. The lowest BCUT2D eigenvalue weighted by atomic mass is 10.0. The number of nitrogens with zero attached hydrogens (tertiary/aromatic N) is 5. The molecule has 1 N–H and O–H groups in total. The number of anilines is 1. The molecule has 0 saturated heterocycles. The van der Waals surface area contributed by atoms with Crippen molar-refractivity contribution in [1.82, 2.24) is 24.5 Å². The molecule has 3 aromatic heterocycles. The van der Waals surface area contributed by atoms with Crippen LogP contribution in [-0.2, 0) is 17.9 Å². The molecule has 0 aliphatic carbocycles. The number of aryl methyl sites for hydroxylation is 2. The van der Waals surface area contributed by atoms with E-state index >= 15 is 0 Å². The van der Waals surface area contributed by atoms with Gasteiger partial charge < -0.3 is 5.32 Å². The highest BCUT2D eigenvalue weighted by Crippen LogP contribution is 2.29. The van der Waals surface area contributed by atoms with Crippen molar-refractivity contribution in [3.05, 3.63) is 60.4 Å². The second-order valence-corrected chi connectivity index (χ2v) is 6.44. The average Bonchev–Trinajstić information content (AvgIpc) is 3.27. The highest BCUT2D eigenvalue weighted by Gasteiger charge is 2.16. The third-order valence-corrected chi connectivity index (χ3v) is 4.50. The summed E-state index contributed by atoms with van der Waals surface area (Å²) in [6, 6.07) is 8.16. The summed E-state index contributed by atoms with van der Waals surface area (Å²) in [5, 5.41) is 12.3. The summed E-state index contributed by atoms with van der Waals surface area (Å²) in [6.07, 6.45) is 5.05. The van der Waals surface area contributed by atoms with Gasteiger partial charge in [-0.25, -0.2) is 14.1 Å². The van der Waals surface area contributed by atoms with Crippen LogP contribution in [0.5, 0.6) is 0 Å². The van der Waals surface area contributed by atoms with Gasteiger partial charge in [0, 0.05) is 24.3 Å². The molecule has 0 spiro atoms. The number of benzene rings is 1. The van der Waals surface area contributed by atoms with Gasteiger partial charge in [0.2, 0.25) is 5.91 Å². The number of carbonyl (C=O) groups excluding carboxylic acids is 1. The molecule has 0 aliphatic rings. The van der Waals surface area contributed by atoms with Gasteiger partial charge in [-0.15, -0.1) is 0 Å². The fourth-order valence-electron chi connectivity index (χ4n) is 3.20. The molecule has 0 atom stereocenters. The zero-order valence-electron chi connectivity index (χ0n) is 15.6. The van der Waals surface area contributed by atoms with Gasteiger partial charge in [-0.05, 0) is 43.2 Å². The Labute approximate surface area is 160 Å². The molecule has 142 valence electrons. The van der Waals surface area contributed by atoms with Crippen LogP contribution in [0.2, 0.25) is 0 Å². The Morgan fingerprint density at radius 2 is 2.00 bits per heavy atom. The van der Waals surface area contributed by atoms with Crippen LogP contribution in [0.1, 0.15) is 12.6 Å². The average molecular weight is 378 g/mol. The normalized spacial score (nSPS) is 11.1. The van der Waals surface area contributed by atoms with Gasteiger partial charge in [0.1, 0.15) is 12.4 Å². The number of nitrogens with one attached hydrogen (secondary N) is 1. The largest absolute Gasteiger partial charge is 0.322 e. The van der Waals surface area contributed by atoms with Gasteiger partial charge in [-0.2, -0.15) is 10.2 Å². The van der Waals surface area contributed by atoms with Crippen LogP contribution in [-0.4, -0.2) is 30.5 Å². The molecule has 28 heavy (non-hydrogen) atoms. The van der Waals surface area contributed by atoms with Crippen molar-refractivity contribution in [2.24, 2.45) is 0 Å². The van der Waals surface area contributed by atoms with Gasteiger partial charge in [0.15, 0.2) is 5.65 Å². The van der Waals surface area contributed by atoms with E-state index in [0.29, 0.717) is 11.3 Å². The Bertz CT molecular complexity index is 1150. The number of carbonyl (C=O) groups is 1. The van der Waals surface area contributed by atoms with Crippen molar-refractivity contribution in [2.45, 2.75) is 26.9 Å². The predicted octanol–water partition coefficient (Wildman–Crippen LogP) is 3.40. The third kappa shape index (κ3) is 3.36. The maximum Gasteiger partial charge on any atom is 0.246 e. The maximum absolute atomic E-state index is 13.3. The smallest absolute Gasteiger partial charge is 0.246 e. The van der Waals surface area contributed by atoms with Crippen molar-refractivity contribution in [3.8, 4) is 11.1 Å². The monoisotopic (exact) mass is 378 g/mol. The van der Waals surface area contributed by atoms with Crippen molar-refractivity contribution < 1.29 is 9.18 Å². The van der Waals surface area contributed by atoms with Gasteiger partial charge in [-0.1, -0.05) is 12.1 Å². The maximum atomic E-state index is 13.3. The minimum Gasteiger partial charge on any atom is -0.322 e. The fourth-order valence-corrected chi connectivity index (χ4v) is 3.20. The molecule has 3 heterocycles. The summed E-state index contributed by atoms with van der Waals surface area (Å²) in [4.78, 5) is 16.9. The molecule has 0 fully saturated rings. The van der Waals surface area contributed by atoms with E-state index in [9.17, 15) is 9.18 Å². The molecule has 7 nitrogen and oxygen atoms in total. The van der Waals surface area contributed by atoms with Crippen LogP contribution in [0.25, 0.3) is 22.2 Å². The highest BCUT2D eigenvalue weighted by atomic mass is 19.1. The summed E-state index contributed by atoms with van der Waals surface area (Å²) < 4.78 is 16.6. The fraction of sp³-hybridized carbons (Fsp3) is 0.200. The lowest BCUT2D eigenvalue weighted by molar-refractivity contribution is -0.116. The first kappa shape index (κ1) is 17.8. The summed E-state index contributed by atoms with van der Waals surface area (Å²) in [6.45, 7) is 4.61. The Morgan fingerprint density at radius 3 is 2.71 bits per heavy atom. The number of amides is 1.